The van der Waals surface area contributed by atoms with Crippen molar-refractivity contribution in [3.8, 4) is 5.75 Å². The Labute approximate surface area is 201 Å². The number of benzene rings is 2. The summed E-state index contributed by atoms with van der Waals surface area (Å²) in [5.74, 6) is -1.12. The summed E-state index contributed by atoms with van der Waals surface area (Å²) in [4.78, 5) is 32.0. The Hall–Kier alpha value is -4.65. The zero-order valence-corrected chi connectivity index (χ0v) is 18.7. The minimum atomic E-state index is -0.825. The molecule has 1 N–H and O–H groups in total. The van der Waals surface area contributed by atoms with Gasteiger partial charge >= 0.3 is 0 Å². The Bertz CT molecular complexity index is 1370. The molecule has 1 aliphatic rings. The van der Waals surface area contributed by atoms with Crippen molar-refractivity contribution in [1.29, 1.82) is 0 Å². The number of aliphatic hydroxyl groups excluding tert-OH is 1. The van der Waals surface area contributed by atoms with E-state index in [-0.39, 0.29) is 17.9 Å². The highest BCUT2D eigenvalue weighted by molar-refractivity contribution is 6.15. The van der Waals surface area contributed by atoms with Gasteiger partial charge < -0.3 is 19.2 Å². The molecule has 174 valence electrons. The maximum Gasteiger partial charge on any atom is 0.290 e. The van der Waals surface area contributed by atoms with Gasteiger partial charge in [0.1, 0.15) is 12.4 Å². The molecule has 7 heteroatoms. The van der Waals surface area contributed by atoms with E-state index in [1.54, 1.807) is 48.8 Å². The lowest BCUT2D eigenvalue weighted by atomic mass is 9.94. The predicted octanol–water partition coefficient (Wildman–Crippen LogP) is 5.03. The lowest BCUT2D eigenvalue weighted by Crippen LogP contribution is -2.30. The van der Waals surface area contributed by atoms with Gasteiger partial charge in [0.25, 0.3) is 5.91 Å². The summed E-state index contributed by atoms with van der Waals surface area (Å²) in [6, 6.07) is 22.8. The number of rotatable bonds is 8. The van der Waals surface area contributed by atoms with Gasteiger partial charge in [0.15, 0.2) is 11.5 Å². The van der Waals surface area contributed by atoms with Crippen LogP contribution in [0.3, 0.4) is 0 Å². The first-order chi connectivity index (χ1) is 17.1. The monoisotopic (exact) mass is 466 g/mol. The van der Waals surface area contributed by atoms with Crippen molar-refractivity contribution >= 4 is 11.7 Å². The van der Waals surface area contributed by atoms with Crippen LogP contribution in [0.25, 0.3) is 0 Å². The molecular weight excluding hydrogens is 444 g/mol. The van der Waals surface area contributed by atoms with Crippen LogP contribution in [0.4, 0.5) is 0 Å². The van der Waals surface area contributed by atoms with Crippen LogP contribution < -0.4 is 4.74 Å². The smallest absolute Gasteiger partial charge is 0.290 e. The van der Waals surface area contributed by atoms with Gasteiger partial charge in [-0.25, -0.2) is 0 Å². The number of aliphatic hydroxyl groups is 1. The van der Waals surface area contributed by atoms with Gasteiger partial charge in [0, 0.05) is 18.9 Å². The number of carbonyl (C=O) groups is 2. The number of amides is 1. The number of hydrogen-bond donors (Lipinski definition) is 1. The number of furan rings is 1. The first-order valence-electron chi connectivity index (χ1n) is 11.1. The number of Topliss-reactive ketones (excluding diaryl/α,β-unsaturated/α-hetero) is 1. The molecule has 7 nitrogen and oxygen atoms in total. The summed E-state index contributed by atoms with van der Waals surface area (Å²) in [6.45, 7) is 0.550. The highest BCUT2D eigenvalue weighted by Crippen LogP contribution is 2.40. The fourth-order valence-electron chi connectivity index (χ4n) is 4.14. The van der Waals surface area contributed by atoms with E-state index in [1.807, 2.05) is 36.4 Å². The number of ketones is 1. The van der Waals surface area contributed by atoms with Crippen LogP contribution in [0.15, 0.2) is 113 Å². The quantitative estimate of drug-likeness (QED) is 0.366. The zero-order valence-electron chi connectivity index (χ0n) is 18.7. The third-order valence-corrected chi connectivity index (χ3v) is 5.82. The Morgan fingerprint density at radius 2 is 1.77 bits per heavy atom. The SMILES string of the molecule is O=C(C1=C(O)C(=O)N(Cc2ccncc2)C1c1cccc(OCc2ccccc2)c1)c1ccco1. The van der Waals surface area contributed by atoms with Crippen molar-refractivity contribution in [2.24, 2.45) is 0 Å². The van der Waals surface area contributed by atoms with E-state index >= 15 is 0 Å². The van der Waals surface area contributed by atoms with E-state index in [4.69, 9.17) is 9.15 Å². The molecule has 0 radical (unpaired) electrons. The Morgan fingerprint density at radius 1 is 0.971 bits per heavy atom. The fraction of sp³-hybridized carbons (Fsp3) is 0.107. The van der Waals surface area contributed by atoms with Crippen molar-refractivity contribution < 1.29 is 23.8 Å². The van der Waals surface area contributed by atoms with Crippen molar-refractivity contribution in [1.82, 2.24) is 9.88 Å². The molecule has 5 rings (SSSR count). The first-order valence-corrected chi connectivity index (χ1v) is 11.1. The van der Waals surface area contributed by atoms with E-state index < -0.39 is 23.5 Å². The van der Waals surface area contributed by atoms with Gasteiger partial charge in [-0.05, 0) is 53.1 Å². The molecule has 0 saturated carbocycles. The number of ether oxygens (including phenoxy) is 1. The molecule has 1 atom stereocenters. The Morgan fingerprint density at radius 3 is 2.51 bits per heavy atom. The van der Waals surface area contributed by atoms with E-state index in [2.05, 4.69) is 4.98 Å². The van der Waals surface area contributed by atoms with Gasteiger partial charge in [0.2, 0.25) is 5.78 Å². The average molecular weight is 466 g/mol. The molecule has 0 saturated heterocycles. The Kier molecular flexibility index (Phi) is 6.13. The van der Waals surface area contributed by atoms with Crippen LogP contribution in [0, 0.1) is 0 Å². The molecule has 3 heterocycles. The first kappa shape index (κ1) is 22.2. The van der Waals surface area contributed by atoms with Crippen LogP contribution in [0.2, 0.25) is 0 Å². The third-order valence-electron chi connectivity index (χ3n) is 5.82. The molecule has 0 spiro atoms. The van der Waals surface area contributed by atoms with E-state index in [0.717, 1.165) is 11.1 Å². The van der Waals surface area contributed by atoms with Gasteiger partial charge in [-0.2, -0.15) is 0 Å². The zero-order chi connectivity index (χ0) is 24.2. The summed E-state index contributed by atoms with van der Waals surface area (Å²) in [6.07, 6.45) is 4.64. The number of hydrogen-bond acceptors (Lipinski definition) is 6. The number of carbonyl (C=O) groups excluding carboxylic acids is 2. The molecule has 0 aliphatic carbocycles. The molecule has 2 aromatic carbocycles. The standard InChI is InChI=1S/C28H22N2O5/c31-26(23-10-5-15-34-23)24-25(30(28(33)27(24)32)17-19-11-13-29-14-12-19)21-8-4-9-22(16-21)35-18-20-6-2-1-3-7-20/h1-16,25,32H,17-18H2. The van der Waals surface area contributed by atoms with Crippen molar-refractivity contribution in [3.63, 3.8) is 0 Å². The van der Waals surface area contributed by atoms with Gasteiger partial charge in [-0.1, -0.05) is 42.5 Å². The second kappa shape index (κ2) is 9.69. The molecule has 4 aromatic rings. The van der Waals surface area contributed by atoms with E-state index in [9.17, 15) is 14.7 Å². The van der Waals surface area contributed by atoms with Crippen molar-refractivity contribution in [2.75, 3.05) is 0 Å². The number of aromatic nitrogens is 1. The minimum Gasteiger partial charge on any atom is -0.503 e. The highest BCUT2D eigenvalue weighted by atomic mass is 16.5. The van der Waals surface area contributed by atoms with Gasteiger partial charge in [-0.15, -0.1) is 0 Å². The maximum absolute atomic E-state index is 13.3. The number of nitrogens with zero attached hydrogens (tertiary/aromatic N) is 2. The Balaban J connectivity index is 1.51. The van der Waals surface area contributed by atoms with E-state index in [0.29, 0.717) is 17.9 Å². The average Bonchev–Trinajstić information content (AvgIpc) is 3.52. The second-order valence-corrected chi connectivity index (χ2v) is 8.11. The lowest BCUT2D eigenvalue weighted by molar-refractivity contribution is -0.130. The summed E-state index contributed by atoms with van der Waals surface area (Å²) in [7, 11) is 0. The molecule has 1 amide bonds. The number of pyridine rings is 1. The minimum absolute atomic E-state index is 0.0285. The molecule has 0 bridgehead atoms. The summed E-state index contributed by atoms with van der Waals surface area (Å²) in [5, 5.41) is 10.8. The van der Waals surface area contributed by atoms with Crippen LogP contribution in [-0.2, 0) is 17.9 Å². The topological polar surface area (TPSA) is 92.9 Å². The van der Waals surface area contributed by atoms with Crippen molar-refractivity contribution in [2.45, 2.75) is 19.2 Å². The summed E-state index contributed by atoms with van der Waals surface area (Å²) < 4.78 is 11.3. The second-order valence-electron chi connectivity index (χ2n) is 8.11. The molecular formula is C28H22N2O5. The van der Waals surface area contributed by atoms with Crippen LogP contribution in [0.1, 0.15) is 33.3 Å². The summed E-state index contributed by atoms with van der Waals surface area (Å²) >= 11 is 0. The van der Waals surface area contributed by atoms with E-state index in [1.165, 1.54) is 17.2 Å². The normalized spacial score (nSPS) is 15.5. The van der Waals surface area contributed by atoms with Crippen molar-refractivity contribution in [3.05, 3.63) is 131 Å². The van der Waals surface area contributed by atoms with Crippen LogP contribution in [0.5, 0.6) is 5.75 Å². The van der Waals surface area contributed by atoms with Crippen LogP contribution >= 0.6 is 0 Å². The third kappa shape index (κ3) is 4.56. The molecule has 35 heavy (non-hydrogen) atoms. The van der Waals surface area contributed by atoms with Gasteiger partial charge in [-0.3, -0.25) is 14.6 Å². The lowest BCUT2D eigenvalue weighted by Gasteiger charge is -2.27. The van der Waals surface area contributed by atoms with Crippen LogP contribution in [-0.4, -0.2) is 26.7 Å². The molecule has 1 aliphatic heterocycles. The fourth-order valence-corrected chi connectivity index (χ4v) is 4.14. The highest BCUT2D eigenvalue weighted by Gasteiger charge is 2.44. The molecule has 0 fully saturated rings. The molecule has 1 unspecified atom stereocenters. The maximum atomic E-state index is 13.3. The molecule has 2 aromatic heterocycles. The predicted molar refractivity (Wildman–Crippen MR) is 127 cm³/mol. The van der Waals surface area contributed by atoms with Gasteiger partial charge in [0.05, 0.1) is 17.9 Å². The summed E-state index contributed by atoms with van der Waals surface area (Å²) in [5.41, 5.74) is 2.44. The largest absolute Gasteiger partial charge is 0.503 e.